The highest BCUT2D eigenvalue weighted by Crippen LogP contribution is 2.34. The van der Waals surface area contributed by atoms with Crippen molar-refractivity contribution in [2.24, 2.45) is 5.92 Å². The Hall–Kier alpha value is -1.33. The van der Waals surface area contributed by atoms with Crippen LogP contribution in [0.15, 0.2) is 12.3 Å². The second-order valence-electron chi connectivity index (χ2n) is 5.49. The monoisotopic (exact) mass is 298 g/mol. The van der Waals surface area contributed by atoms with E-state index in [0.717, 1.165) is 6.42 Å². The molecule has 6 heteroatoms. The summed E-state index contributed by atoms with van der Waals surface area (Å²) in [7, 11) is 0. The van der Waals surface area contributed by atoms with Crippen molar-refractivity contribution in [3.63, 3.8) is 0 Å². The number of anilines is 1. The molecule has 0 bridgehead atoms. The zero-order valence-corrected chi connectivity index (χ0v) is 12.4. The number of hydrogen-bond acceptors (Lipinski definition) is 4. The van der Waals surface area contributed by atoms with Crippen LogP contribution >= 0.6 is 11.6 Å². The van der Waals surface area contributed by atoms with Gasteiger partial charge in [-0.15, -0.1) is 0 Å². The number of halogens is 1. The van der Waals surface area contributed by atoms with Crippen molar-refractivity contribution >= 4 is 23.4 Å². The molecule has 2 atom stereocenters. The van der Waals surface area contributed by atoms with Gasteiger partial charge in [0.15, 0.2) is 0 Å². The van der Waals surface area contributed by atoms with Gasteiger partial charge in [0.05, 0.1) is 16.2 Å². The van der Waals surface area contributed by atoms with Gasteiger partial charge in [0.25, 0.3) is 0 Å². The van der Waals surface area contributed by atoms with Crippen molar-refractivity contribution in [2.75, 3.05) is 18.0 Å². The fraction of sp³-hybridized carbons (Fsp3) is 0.571. The standard InChI is InChI=1S/C14H19ClN2O3/c1-3-10-8-17(5-4-14(10,2)20)12-11(15)6-9(7-16-12)13(18)19/h6-7,10,20H,3-5,8H2,1-2H3,(H,18,19)/t10-,14+/m0/s1. The first kappa shape index (κ1) is 15.1. The maximum absolute atomic E-state index is 10.9. The molecule has 0 aliphatic carbocycles. The van der Waals surface area contributed by atoms with Crippen molar-refractivity contribution in [1.82, 2.24) is 4.98 Å². The molecule has 1 saturated heterocycles. The molecule has 2 N–H and O–H groups in total. The predicted octanol–water partition coefficient (Wildman–Crippen LogP) is 2.42. The normalized spacial score (nSPS) is 26.6. The van der Waals surface area contributed by atoms with Crippen molar-refractivity contribution in [3.8, 4) is 0 Å². The molecule has 110 valence electrons. The fourth-order valence-corrected chi connectivity index (χ4v) is 2.95. The minimum absolute atomic E-state index is 0.0785. The predicted molar refractivity (Wildman–Crippen MR) is 77.4 cm³/mol. The number of aliphatic hydroxyl groups is 1. The van der Waals surface area contributed by atoms with Crippen LogP contribution in [-0.2, 0) is 0 Å². The number of aromatic carboxylic acids is 1. The van der Waals surface area contributed by atoms with Crippen LogP contribution in [-0.4, -0.2) is 39.9 Å². The largest absolute Gasteiger partial charge is 0.478 e. The average Bonchev–Trinajstić information content (AvgIpc) is 2.38. The van der Waals surface area contributed by atoms with Gasteiger partial charge in [0.1, 0.15) is 5.82 Å². The molecular weight excluding hydrogens is 280 g/mol. The molecule has 0 saturated carbocycles. The maximum Gasteiger partial charge on any atom is 0.337 e. The zero-order valence-electron chi connectivity index (χ0n) is 11.6. The Bertz CT molecular complexity index is 519. The number of carboxylic acids is 1. The summed E-state index contributed by atoms with van der Waals surface area (Å²) in [6.45, 7) is 5.23. The highest BCUT2D eigenvalue weighted by Gasteiger charge is 2.37. The molecule has 1 aliphatic rings. The lowest BCUT2D eigenvalue weighted by Gasteiger charge is -2.43. The van der Waals surface area contributed by atoms with Crippen LogP contribution in [0, 0.1) is 5.92 Å². The van der Waals surface area contributed by atoms with Gasteiger partial charge in [0, 0.05) is 25.2 Å². The first-order chi connectivity index (χ1) is 9.35. The third-order valence-corrected chi connectivity index (χ3v) is 4.35. The Morgan fingerprint density at radius 1 is 1.65 bits per heavy atom. The Balaban J connectivity index is 2.23. The van der Waals surface area contributed by atoms with Gasteiger partial charge < -0.3 is 15.1 Å². The lowest BCUT2D eigenvalue weighted by molar-refractivity contribution is -0.0183. The Kier molecular flexibility index (Phi) is 4.20. The van der Waals surface area contributed by atoms with Crippen molar-refractivity contribution in [2.45, 2.75) is 32.3 Å². The van der Waals surface area contributed by atoms with Gasteiger partial charge in [-0.2, -0.15) is 0 Å². The summed E-state index contributed by atoms with van der Waals surface area (Å²) < 4.78 is 0. The van der Waals surface area contributed by atoms with E-state index in [-0.39, 0.29) is 11.5 Å². The summed E-state index contributed by atoms with van der Waals surface area (Å²) in [4.78, 5) is 17.1. The number of piperidine rings is 1. The fourth-order valence-electron chi connectivity index (χ4n) is 2.66. The SMILES string of the molecule is CC[C@H]1CN(c2ncc(C(=O)O)cc2Cl)CC[C@@]1(C)O. The first-order valence-electron chi connectivity index (χ1n) is 6.71. The van der Waals surface area contributed by atoms with Crippen LogP contribution in [0.5, 0.6) is 0 Å². The number of rotatable bonds is 3. The van der Waals surface area contributed by atoms with Crippen molar-refractivity contribution < 1.29 is 15.0 Å². The minimum atomic E-state index is -1.04. The van der Waals surface area contributed by atoms with Crippen LogP contribution in [0.3, 0.4) is 0 Å². The number of carboxylic acid groups (broad SMARTS) is 1. The van der Waals surface area contributed by atoms with Crippen LogP contribution in [0.1, 0.15) is 37.0 Å². The molecule has 1 aromatic heterocycles. The average molecular weight is 299 g/mol. The number of nitrogens with zero attached hydrogens (tertiary/aromatic N) is 2. The van der Waals surface area contributed by atoms with Gasteiger partial charge in [-0.25, -0.2) is 9.78 Å². The van der Waals surface area contributed by atoms with Crippen LogP contribution in [0.25, 0.3) is 0 Å². The van der Waals surface area contributed by atoms with Crippen molar-refractivity contribution in [1.29, 1.82) is 0 Å². The van der Waals surface area contributed by atoms with E-state index in [1.807, 2.05) is 18.7 Å². The summed E-state index contributed by atoms with van der Waals surface area (Å²) in [5.74, 6) is -0.308. The third-order valence-electron chi connectivity index (χ3n) is 4.07. The molecule has 1 aliphatic heterocycles. The van der Waals surface area contributed by atoms with E-state index >= 15 is 0 Å². The molecule has 2 heterocycles. The van der Waals surface area contributed by atoms with Gasteiger partial charge in [-0.3, -0.25) is 0 Å². The quantitative estimate of drug-likeness (QED) is 0.896. The number of aromatic nitrogens is 1. The molecule has 2 rings (SSSR count). The van der Waals surface area contributed by atoms with E-state index in [1.54, 1.807) is 0 Å². The van der Waals surface area contributed by atoms with Crippen LogP contribution in [0.4, 0.5) is 5.82 Å². The maximum atomic E-state index is 10.9. The molecule has 0 spiro atoms. The lowest BCUT2D eigenvalue weighted by atomic mass is 9.81. The van der Waals surface area contributed by atoms with Gasteiger partial charge >= 0.3 is 5.97 Å². The highest BCUT2D eigenvalue weighted by molar-refractivity contribution is 6.33. The van der Waals surface area contributed by atoms with Gasteiger partial charge in [-0.1, -0.05) is 18.5 Å². The number of pyridine rings is 1. The minimum Gasteiger partial charge on any atom is -0.478 e. The summed E-state index contributed by atoms with van der Waals surface area (Å²) >= 11 is 6.14. The summed E-state index contributed by atoms with van der Waals surface area (Å²) in [5.41, 5.74) is -0.589. The molecule has 5 nitrogen and oxygen atoms in total. The molecule has 0 amide bonds. The van der Waals surface area contributed by atoms with Crippen molar-refractivity contribution in [3.05, 3.63) is 22.8 Å². The van der Waals surface area contributed by atoms with Gasteiger partial charge in [0.2, 0.25) is 0 Å². The smallest absolute Gasteiger partial charge is 0.337 e. The van der Waals surface area contributed by atoms with E-state index in [9.17, 15) is 9.90 Å². The molecule has 1 aromatic rings. The molecule has 0 radical (unpaired) electrons. The first-order valence-corrected chi connectivity index (χ1v) is 7.09. The van der Waals surface area contributed by atoms with Crippen LogP contribution in [0.2, 0.25) is 5.02 Å². The van der Waals surface area contributed by atoms with E-state index in [4.69, 9.17) is 16.7 Å². The van der Waals surface area contributed by atoms with E-state index < -0.39 is 11.6 Å². The molecule has 0 unspecified atom stereocenters. The lowest BCUT2D eigenvalue weighted by Crippen LogP contribution is -2.50. The van der Waals surface area contributed by atoms with E-state index in [0.29, 0.717) is 30.4 Å². The summed E-state index contributed by atoms with van der Waals surface area (Å²) in [6.07, 6.45) is 2.83. The van der Waals surface area contributed by atoms with E-state index in [1.165, 1.54) is 12.3 Å². The van der Waals surface area contributed by atoms with Crippen LogP contribution < -0.4 is 4.90 Å². The molecule has 0 aromatic carbocycles. The third kappa shape index (κ3) is 2.88. The molecular formula is C14H19ClN2O3. The Labute approximate surface area is 123 Å². The van der Waals surface area contributed by atoms with Gasteiger partial charge in [-0.05, 0) is 25.8 Å². The zero-order chi connectivity index (χ0) is 14.9. The molecule has 1 fully saturated rings. The summed E-state index contributed by atoms with van der Waals surface area (Å²) in [5, 5.41) is 19.6. The molecule has 20 heavy (non-hydrogen) atoms. The highest BCUT2D eigenvalue weighted by atomic mass is 35.5. The summed E-state index contributed by atoms with van der Waals surface area (Å²) in [6, 6.07) is 1.42. The Morgan fingerprint density at radius 3 is 2.90 bits per heavy atom. The Morgan fingerprint density at radius 2 is 2.35 bits per heavy atom. The topological polar surface area (TPSA) is 73.7 Å². The second-order valence-corrected chi connectivity index (χ2v) is 5.90. The van der Waals surface area contributed by atoms with E-state index in [2.05, 4.69) is 4.98 Å². The number of carbonyl (C=O) groups is 1. The number of hydrogen-bond donors (Lipinski definition) is 2. The second kappa shape index (κ2) is 5.58.